The van der Waals surface area contributed by atoms with Crippen LogP contribution in [0.1, 0.15) is 20.3 Å². The summed E-state index contributed by atoms with van der Waals surface area (Å²) in [4.78, 5) is 0. The van der Waals surface area contributed by atoms with Crippen molar-refractivity contribution in [2.24, 2.45) is 11.1 Å². The molecule has 1 unspecified atom stereocenters. The average molecular weight is 268 g/mol. The third-order valence-corrected chi connectivity index (χ3v) is 5.28. The van der Waals surface area contributed by atoms with Crippen LogP contribution in [0.3, 0.4) is 0 Å². The Morgan fingerprint density at radius 2 is 2.00 bits per heavy atom. The smallest absolute Gasteiger partial charge is 0.123 e. The van der Waals surface area contributed by atoms with Crippen LogP contribution in [-0.4, -0.2) is 23.6 Å². The molecule has 1 aliphatic heterocycles. The second-order valence-corrected chi connectivity index (χ2v) is 6.71. The SMILES string of the molecule is CC1(C)CCSCC1(CN)Nc1ccc(F)cc1. The number of benzene rings is 1. The summed E-state index contributed by atoms with van der Waals surface area (Å²) in [5.74, 6) is 1.97. The molecule has 1 aliphatic rings. The van der Waals surface area contributed by atoms with Crippen molar-refractivity contribution < 1.29 is 4.39 Å². The molecule has 18 heavy (non-hydrogen) atoms. The van der Waals surface area contributed by atoms with Crippen molar-refractivity contribution in [2.45, 2.75) is 25.8 Å². The van der Waals surface area contributed by atoms with Gasteiger partial charge in [0, 0.05) is 18.0 Å². The molecule has 1 aromatic rings. The first-order valence-electron chi connectivity index (χ1n) is 6.31. The number of hydrogen-bond donors (Lipinski definition) is 2. The molecule has 100 valence electrons. The van der Waals surface area contributed by atoms with E-state index in [9.17, 15) is 4.39 Å². The summed E-state index contributed by atoms with van der Waals surface area (Å²) >= 11 is 1.93. The Morgan fingerprint density at radius 1 is 1.33 bits per heavy atom. The maximum Gasteiger partial charge on any atom is 0.123 e. The molecule has 1 heterocycles. The van der Waals surface area contributed by atoms with Crippen molar-refractivity contribution in [3.8, 4) is 0 Å². The number of halogens is 1. The van der Waals surface area contributed by atoms with Crippen LogP contribution in [0.5, 0.6) is 0 Å². The molecule has 1 aromatic carbocycles. The molecule has 0 aliphatic carbocycles. The van der Waals surface area contributed by atoms with Gasteiger partial charge in [-0.3, -0.25) is 0 Å². The standard InChI is InChI=1S/C14H21FN2S/c1-13(2)7-8-18-10-14(13,9-16)17-12-5-3-11(15)4-6-12/h3-6,17H,7-10,16H2,1-2H3. The normalized spacial score (nSPS) is 26.9. The summed E-state index contributed by atoms with van der Waals surface area (Å²) in [5.41, 5.74) is 7.01. The van der Waals surface area contributed by atoms with E-state index in [-0.39, 0.29) is 16.8 Å². The highest BCUT2D eigenvalue weighted by Gasteiger charge is 2.46. The van der Waals surface area contributed by atoms with E-state index < -0.39 is 0 Å². The highest BCUT2D eigenvalue weighted by Crippen LogP contribution is 2.43. The number of nitrogens with one attached hydrogen (secondary N) is 1. The van der Waals surface area contributed by atoms with Gasteiger partial charge in [0.15, 0.2) is 0 Å². The Bertz CT molecular complexity index is 405. The van der Waals surface area contributed by atoms with E-state index in [1.54, 1.807) is 12.1 Å². The van der Waals surface area contributed by atoms with Gasteiger partial charge < -0.3 is 11.1 Å². The van der Waals surface area contributed by atoms with Crippen molar-refractivity contribution in [2.75, 3.05) is 23.4 Å². The van der Waals surface area contributed by atoms with E-state index in [0.717, 1.165) is 17.9 Å². The highest BCUT2D eigenvalue weighted by molar-refractivity contribution is 7.99. The van der Waals surface area contributed by atoms with Gasteiger partial charge >= 0.3 is 0 Å². The second-order valence-electron chi connectivity index (χ2n) is 5.60. The summed E-state index contributed by atoms with van der Waals surface area (Å²) in [6, 6.07) is 6.52. The van der Waals surface area contributed by atoms with Crippen LogP contribution in [0.25, 0.3) is 0 Å². The molecule has 1 fully saturated rings. The predicted molar refractivity (Wildman–Crippen MR) is 77.5 cm³/mol. The van der Waals surface area contributed by atoms with E-state index in [1.807, 2.05) is 11.8 Å². The van der Waals surface area contributed by atoms with Crippen molar-refractivity contribution in [3.05, 3.63) is 30.1 Å². The van der Waals surface area contributed by atoms with Crippen LogP contribution in [-0.2, 0) is 0 Å². The summed E-state index contributed by atoms with van der Waals surface area (Å²) in [6.07, 6.45) is 1.14. The molecule has 3 N–H and O–H groups in total. The van der Waals surface area contributed by atoms with E-state index in [2.05, 4.69) is 19.2 Å². The van der Waals surface area contributed by atoms with E-state index >= 15 is 0 Å². The number of hydrogen-bond acceptors (Lipinski definition) is 3. The van der Waals surface area contributed by atoms with Crippen LogP contribution in [0.4, 0.5) is 10.1 Å². The molecular weight excluding hydrogens is 247 g/mol. The summed E-state index contributed by atoms with van der Waals surface area (Å²) in [6.45, 7) is 5.11. The van der Waals surface area contributed by atoms with Crippen molar-refractivity contribution in [1.82, 2.24) is 0 Å². The molecule has 1 saturated heterocycles. The number of rotatable bonds is 3. The first-order valence-corrected chi connectivity index (χ1v) is 7.46. The molecule has 0 amide bonds. The molecule has 0 spiro atoms. The lowest BCUT2D eigenvalue weighted by Gasteiger charge is -2.50. The van der Waals surface area contributed by atoms with Gasteiger partial charge in [-0.25, -0.2) is 4.39 Å². The van der Waals surface area contributed by atoms with Gasteiger partial charge in [0.05, 0.1) is 5.54 Å². The Morgan fingerprint density at radius 3 is 2.56 bits per heavy atom. The highest BCUT2D eigenvalue weighted by atomic mass is 32.2. The monoisotopic (exact) mass is 268 g/mol. The molecular formula is C14H21FN2S. The van der Waals surface area contributed by atoms with Gasteiger partial charge in [-0.1, -0.05) is 13.8 Å². The predicted octanol–water partition coefficient (Wildman–Crippen LogP) is 3.10. The van der Waals surface area contributed by atoms with Crippen molar-refractivity contribution in [3.63, 3.8) is 0 Å². The van der Waals surface area contributed by atoms with Gasteiger partial charge in [0.1, 0.15) is 5.82 Å². The molecule has 2 rings (SSSR count). The Kier molecular flexibility index (Phi) is 3.87. The topological polar surface area (TPSA) is 38.0 Å². The lowest BCUT2D eigenvalue weighted by atomic mass is 9.70. The summed E-state index contributed by atoms with van der Waals surface area (Å²) in [5, 5.41) is 3.55. The Balaban J connectivity index is 2.24. The van der Waals surface area contributed by atoms with Gasteiger partial charge in [-0.15, -0.1) is 0 Å². The number of thioether (sulfide) groups is 1. The number of anilines is 1. The zero-order valence-corrected chi connectivity index (χ0v) is 11.8. The van der Waals surface area contributed by atoms with Gasteiger partial charge in [-0.05, 0) is 41.9 Å². The van der Waals surface area contributed by atoms with Gasteiger partial charge in [-0.2, -0.15) is 11.8 Å². The van der Waals surface area contributed by atoms with Crippen LogP contribution in [0, 0.1) is 11.2 Å². The zero-order chi connectivity index (χ0) is 13.2. The quantitative estimate of drug-likeness (QED) is 0.884. The van der Waals surface area contributed by atoms with E-state index in [4.69, 9.17) is 5.73 Å². The summed E-state index contributed by atoms with van der Waals surface area (Å²) in [7, 11) is 0. The zero-order valence-electron chi connectivity index (χ0n) is 11.0. The maximum absolute atomic E-state index is 12.9. The molecule has 4 heteroatoms. The lowest BCUT2D eigenvalue weighted by molar-refractivity contribution is 0.203. The fourth-order valence-electron chi connectivity index (χ4n) is 2.41. The van der Waals surface area contributed by atoms with Crippen LogP contribution >= 0.6 is 11.8 Å². The minimum atomic E-state index is -0.209. The minimum Gasteiger partial charge on any atom is -0.377 e. The first kappa shape index (κ1) is 13.7. The Labute approximate surface area is 113 Å². The van der Waals surface area contributed by atoms with Crippen LogP contribution in [0.15, 0.2) is 24.3 Å². The molecule has 0 aromatic heterocycles. The molecule has 1 atom stereocenters. The van der Waals surface area contributed by atoms with Crippen LogP contribution in [0.2, 0.25) is 0 Å². The molecule has 0 saturated carbocycles. The largest absolute Gasteiger partial charge is 0.377 e. The first-order chi connectivity index (χ1) is 8.49. The average Bonchev–Trinajstić information content (AvgIpc) is 2.34. The minimum absolute atomic E-state index is 0.117. The lowest BCUT2D eigenvalue weighted by Crippen LogP contribution is -2.60. The third kappa shape index (κ3) is 2.50. The fourth-order valence-corrected chi connectivity index (χ4v) is 4.14. The molecule has 0 bridgehead atoms. The maximum atomic E-state index is 12.9. The van der Waals surface area contributed by atoms with Gasteiger partial charge in [0.25, 0.3) is 0 Å². The van der Waals surface area contributed by atoms with Gasteiger partial charge in [0.2, 0.25) is 0 Å². The Hall–Kier alpha value is -0.740. The van der Waals surface area contributed by atoms with E-state index in [1.165, 1.54) is 17.9 Å². The second kappa shape index (κ2) is 5.10. The van der Waals surface area contributed by atoms with Crippen molar-refractivity contribution >= 4 is 17.4 Å². The van der Waals surface area contributed by atoms with E-state index in [0.29, 0.717) is 6.54 Å². The summed E-state index contributed by atoms with van der Waals surface area (Å²) < 4.78 is 12.9. The van der Waals surface area contributed by atoms with Crippen molar-refractivity contribution in [1.29, 1.82) is 0 Å². The van der Waals surface area contributed by atoms with Crippen LogP contribution < -0.4 is 11.1 Å². The molecule has 0 radical (unpaired) electrons. The molecule has 2 nitrogen and oxygen atoms in total. The number of nitrogens with two attached hydrogens (primary N) is 1. The fraction of sp³-hybridized carbons (Fsp3) is 0.571. The third-order valence-electron chi connectivity index (χ3n) is 4.09.